The lowest BCUT2D eigenvalue weighted by molar-refractivity contribution is -0.241. The van der Waals surface area contributed by atoms with E-state index in [0.717, 1.165) is 5.57 Å². The van der Waals surface area contributed by atoms with Gasteiger partial charge in [0.05, 0.1) is 29.5 Å². The third-order valence-corrected chi connectivity index (χ3v) is 7.88. The highest BCUT2D eigenvalue weighted by Crippen LogP contribution is 2.72. The lowest BCUT2D eigenvalue weighted by Crippen LogP contribution is -2.68. The van der Waals surface area contributed by atoms with Gasteiger partial charge < -0.3 is 28.8 Å². The molecule has 8 atom stereocenters. The summed E-state index contributed by atoms with van der Waals surface area (Å²) in [5.41, 5.74) is -2.01. The van der Waals surface area contributed by atoms with Gasteiger partial charge >= 0.3 is 17.9 Å². The van der Waals surface area contributed by atoms with Crippen molar-refractivity contribution in [3.8, 4) is 0 Å². The monoisotopic (exact) mass is 452 g/mol. The minimum absolute atomic E-state index is 0.0642. The molecule has 8 unspecified atom stereocenters. The fourth-order valence-corrected chi connectivity index (χ4v) is 6.00. The van der Waals surface area contributed by atoms with Crippen molar-refractivity contribution >= 4 is 17.9 Å². The lowest BCUT2D eigenvalue weighted by Gasteiger charge is -2.58. The molecular weight excluding hydrogens is 420 g/mol. The molecule has 0 amide bonds. The van der Waals surface area contributed by atoms with E-state index in [9.17, 15) is 19.5 Å². The molecule has 32 heavy (non-hydrogen) atoms. The molecule has 178 valence electrons. The second-order valence-corrected chi connectivity index (χ2v) is 10.0. The van der Waals surface area contributed by atoms with E-state index in [1.54, 1.807) is 13.8 Å². The maximum absolute atomic E-state index is 12.4. The first kappa shape index (κ1) is 23.2. The minimum Gasteiger partial charge on any atom is -0.465 e. The Kier molecular flexibility index (Phi) is 5.46. The fourth-order valence-electron chi connectivity index (χ4n) is 6.00. The van der Waals surface area contributed by atoms with Gasteiger partial charge in [-0.3, -0.25) is 14.4 Å². The van der Waals surface area contributed by atoms with Gasteiger partial charge in [0.15, 0.2) is 0 Å². The highest BCUT2D eigenvalue weighted by molar-refractivity contribution is 5.72. The average Bonchev–Trinajstić information content (AvgIpc) is 3.48. The van der Waals surface area contributed by atoms with E-state index in [-0.39, 0.29) is 24.9 Å². The molecular formula is C23H32O9. The van der Waals surface area contributed by atoms with Crippen molar-refractivity contribution in [2.24, 2.45) is 16.7 Å². The van der Waals surface area contributed by atoms with Crippen LogP contribution in [0.15, 0.2) is 11.6 Å². The van der Waals surface area contributed by atoms with E-state index in [1.807, 2.05) is 19.9 Å². The fraction of sp³-hybridized carbons (Fsp3) is 0.783. The van der Waals surface area contributed by atoms with Gasteiger partial charge in [-0.2, -0.15) is 0 Å². The van der Waals surface area contributed by atoms with Gasteiger partial charge in [-0.1, -0.05) is 26.8 Å². The van der Waals surface area contributed by atoms with Crippen molar-refractivity contribution in [1.29, 1.82) is 0 Å². The van der Waals surface area contributed by atoms with Crippen LogP contribution in [0.5, 0.6) is 0 Å². The molecule has 0 aromatic rings. The van der Waals surface area contributed by atoms with E-state index < -0.39 is 58.9 Å². The van der Waals surface area contributed by atoms with Gasteiger partial charge in [-0.25, -0.2) is 0 Å². The van der Waals surface area contributed by atoms with E-state index in [1.165, 1.54) is 13.8 Å². The van der Waals surface area contributed by atoms with Crippen LogP contribution < -0.4 is 0 Å². The summed E-state index contributed by atoms with van der Waals surface area (Å²) in [5.74, 6) is -1.67. The van der Waals surface area contributed by atoms with Crippen LogP contribution >= 0.6 is 0 Å². The molecule has 1 spiro atoms. The number of aliphatic hydroxyl groups excluding tert-OH is 1. The van der Waals surface area contributed by atoms with Crippen LogP contribution in [-0.2, 0) is 38.1 Å². The van der Waals surface area contributed by atoms with Crippen molar-refractivity contribution < 1.29 is 43.2 Å². The predicted octanol–water partition coefficient (Wildman–Crippen LogP) is 1.30. The Bertz CT molecular complexity index is 860. The summed E-state index contributed by atoms with van der Waals surface area (Å²) in [6.07, 6.45) is -1.76. The number of epoxide rings is 1. The molecule has 2 heterocycles. The Balaban J connectivity index is 1.83. The molecule has 2 saturated heterocycles. The standard InChI is InChI=1S/C23H32O9/c1-11(2)20(27)31-15-8-22(9-28-13(4)24)16(7-12(15)3)32-19-17(26)18(30-14(5)25)21(22,6)23(19)10-29-23/h7,11,15-19,26H,8-10H2,1-6H3. The summed E-state index contributed by atoms with van der Waals surface area (Å²) in [7, 11) is 0. The van der Waals surface area contributed by atoms with Gasteiger partial charge in [-0.15, -0.1) is 0 Å². The topological polar surface area (TPSA) is 121 Å². The van der Waals surface area contributed by atoms with Crippen LogP contribution in [-0.4, -0.2) is 72.3 Å². The smallest absolute Gasteiger partial charge is 0.308 e. The Morgan fingerprint density at radius 1 is 1.22 bits per heavy atom. The molecule has 2 bridgehead atoms. The number of hydrogen-bond donors (Lipinski definition) is 1. The largest absolute Gasteiger partial charge is 0.465 e. The summed E-state index contributed by atoms with van der Waals surface area (Å²) in [5, 5.41) is 11.1. The molecule has 2 aliphatic carbocycles. The van der Waals surface area contributed by atoms with Crippen molar-refractivity contribution in [2.45, 2.75) is 84.1 Å². The molecule has 0 radical (unpaired) electrons. The van der Waals surface area contributed by atoms with Crippen molar-refractivity contribution in [3.63, 3.8) is 0 Å². The highest BCUT2D eigenvalue weighted by Gasteiger charge is 2.86. The van der Waals surface area contributed by atoms with Crippen molar-refractivity contribution in [2.75, 3.05) is 13.2 Å². The molecule has 1 saturated carbocycles. The summed E-state index contributed by atoms with van der Waals surface area (Å²) in [6, 6.07) is 0. The summed E-state index contributed by atoms with van der Waals surface area (Å²) in [4.78, 5) is 36.3. The normalized spacial score (nSPS) is 44.0. The zero-order chi connectivity index (χ0) is 23.6. The SMILES string of the molecule is CC(=O)OCC12CC(OC(=O)C(C)C)C(C)=CC1OC1C(O)C(OC(C)=O)C2(C)C12CO2. The van der Waals surface area contributed by atoms with Crippen LogP contribution in [0.25, 0.3) is 0 Å². The number of carbonyl (C=O) groups excluding carboxylic acids is 3. The van der Waals surface area contributed by atoms with E-state index in [0.29, 0.717) is 6.61 Å². The molecule has 4 rings (SSSR count). The second kappa shape index (κ2) is 7.53. The number of fused-ring (bicyclic) bond motifs is 2. The van der Waals surface area contributed by atoms with Crippen LogP contribution in [0.4, 0.5) is 0 Å². The molecule has 3 fully saturated rings. The van der Waals surface area contributed by atoms with E-state index >= 15 is 0 Å². The van der Waals surface area contributed by atoms with Crippen LogP contribution in [0.2, 0.25) is 0 Å². The Morgan fingerprint density at radius 3 is 2.41 bits per heavy atom. The Labute approximate surface area is 187 Å². The predicted molar refractivity (Wildman–Crippen MR) is 109 cm³/mol. The Hall–Kier alpha value is -1.97. The quantitative estimate of drug-likeness (QED) is 0.285. The number of ether oxygens (including phenoxy) is 5. The third kappa shape index (κ3) is 3.04. The number of rotatable bonds is 5. The highest BCUT2D eigenvalue weighted by atomic mass is 16.7. The van der Waals surface area contributed by atoms with Crippen LogP contribution in [0.3, 0.4) is 0 Å². The first-order valence-electron chi connectivity index (χ1n) is 11.1. The van der Waals surface area contributed by atoms with Crippen LogP contribution in [0.1, 0.15) is 48.0 Å². The maximum atomic E-state index is 12.4. The number of carbonyl (C=O) groups is 3. The summed E-state index contributed by atoms with van der Waals surface area (Å²) < 4.78 is 29.3. The number of esters is 3. The average molecular weight is 453 g/mol. The lowest BCUT2D eigenvalue weighted by atomic mass is 9.51. The summed E-state index contributed by atoms with van der Waals surface area (Å²) >= 11 is 0. The zero-order valence-electron chi connectivity index (χ0n) is 19.4. The van der Waals surface area contributed by atoms with Crippen LogP contribution in [0, 0.1) is 16.7 Å². The summed E-state index contributed by atoms with van der Waals surface area (Å²) in [6.45, 7) is 10.1. The zero-order valence-corrected chi connectivity index (χ0v) is 19.4. The molecule has 1 N–H and O–H groups in total. The first-order chi connectivity index (χ1) is 14.9. The molecule has 0 aromatic carbocycles. The first-order valence-corrected chi connectivity index (χ1v) is 11.1. The molecule has 2 aliphatic heterocycles. The second-order valence-electron chi connectivity index (χ2n) is 10.0. The van der Waals surface area contributed by atoms with Gasteiger partial charge in [0.2, 0.25) is 0 Å². The third-order valence-electron chi connectivity index (χ3n) is 7.88. The molecule has 9 nitrogen and oxygen atoms in total. The van der Waals surface area contributed by atoms with E-state index in [4.69, 9.17) is 23.7 Å². The van der Waals surface area contributed by atoms with Gasteiger partial charge in [0.1, 0.15) is 36.6 Å². The maximum Gasteiger partial charge on any atom is 0.308 e. The van der Waals surface area contributed by atoms with Gasteiger partial charge in [0.25, 0.3) is 0 Å². The van der Waals surface area contributed by atoms with E-state index in [2.05, 4.69) is 0 Å². The Morgan fingerprint density at radius 2 is 1.88 bits per heavy atom. The molecule has 4 aliphatic rings. The minimum atomic E-state index is -1.11. The van der Waals surface area contributed by atoms with Gasteiger partial charge in [0, 0.05) is 20.3 Å². The number of aliphatic hydroxyl groups is 1. The number of hydrogen-bond acceptors (Lipinski definition) is 9. The van der Waals surface area contributed by atoms with Crippen molar-refractivity contribution in [3.05, 3.63) is 11.6 Å². The van der Waals surface area contributed by atoms with Crippen molar-refractivity contribution in [1.82, 2.24) is 0 Å². The molecule has 0 aromatic heterocycles. The molecule has 9 heteroatoms. The van der Waals surface area contributed by atoms with Gasteiger partial charge in [-0.05, 0) is 12.5 Å².